The molecular formula is C25H36N2O2. The van der Waals surface area contributed by atoms with E-state index in [0.29, 0.717) is 17.7 Å². The molecule has 4 fully saturated rings. The van der Waals surface area contributed by atoms with E-state index in [9.17, 15) is 4.79 Å². The summed E-state index contributed by atoms with van der Waals surface area (Å²) in [6.07, 6.45) is 7.45. The lowest BCUT2D eigenvalue weighted by Crippen LogP contribution is -2.41. The van der Waals surface area contributed by atoms with Gasteiger partial charge in [0.15, 0.2) is 0 Å². The molecule has 1 aromatic rings. The van der Waals surface area contributed by atoms with Crippen LogP contribution in [0.3, 0.4) is 0 Å². The highest BCUT2D eigenvalue weighted by molar-refractivity contribution is 5.80. The van der Waals surface area contributed by atoms with Crippen LogP contribution in [-0.2, 0) is 9.53 Å². The maximum atomic E-state index is 13.5. The van der Waals surface area contributed by atoms with Crippen LogP contribution in [0.1, 0.15) is 55.7 Å². The van der Waals surface area contributed by atoms with Gasteiger partial charge in [-0.05, 0) is 55.6 Å². The zero-order valence-corrected chi connectivity index (χ0v) is 17.9. The average Bonchev–Trinajstić information content (AvgIpc) is 3.46. The normalized spacial score (nSPS) is 31.5. The molecule has 29 heavy (non-hydrogen) atoms. The molecule has 3 saturated heterocycles. The summed E-state index contributed by atoms with van der Waals surface area (Å²) in [6.45, 7) is 8.26. The van der Waals surface area contributed by atoms with E-state index in [4.69, 9.17) is 4.74 Å². The van der Waals surface area contributed by atoms with E-state index in [1.807, 2.05) is 0 Å². The monoisotopic (exact) mass is 396 g/mol. The minimum Gasteiger partial charge on any atom is -0.381 e. The quantitative estimate of drug-likeness (QED) is 0.770. The van der Waals surface area contributed by atoms with Crippen molar-refractivity contribution in [3.05, 3.63) is 35.4 Å². The van der Waals surface area contributed by atoms with Gasteiger partial charge in [0.05, 0.1) is 6.04 Å². The lowest BCUT2D eigenvalue weighted by atomic mass is 9.87. The van der Waals surface area contributed by atoms with Crippen molar-refractivity contribution >= 4 is 5.91 Å². The minimum atomic E-state index is 0.156. The number of ether oxygens (including phenoxy) is 1. The third kappa shape index (κ3) is 3.86. The van der Waals surface area contributed by atoms with Crippen LogP contribution in [0, 0.1) is 30.6 Å². The molecular weight excluding hydrogens is 360 g/mol. The molecule has 1 saturated carbocycles. The summed E-state index contributed by atoms with van der Waals surface area (Å²) in [5.74, 6) is 2.67. The van der Waals surface area contributed by atoms with Gasteiger partial charge in [0.1, 0.15) is 0 Å². The van der Waals surface area contributed by atoms with Crippen molar-refractivity contribution in [3.8, 4) is 0 Å². The lowest BCUT2D eigenvalue weighted by molar-refractivity contribution is -0.140. The molecule has 4 heteroatoms. The van der Waals surface area contributed by atoms with E-state index in [0.717, 1.165) is 45.1 Å². The summed E-state index contributed by atoms with van der Waals surface area (Å²) in [6, 6.07) is 9.01. The zero-order valence-electron chi connectivity index (χ0n) is 17.9. The first-order valence-electron chi connectivity index (χ1n) is 11.9. The number of aryl methyl sites for hydroxylation is 1. The van der Waals surface area contributed by atoms with Crippen LogP contribution in [0.4, 0.5) is 0 Å². The molecule has 1 amide bonds. The van der Waals surface area contributed by atoms with Crippen molar-refractivity contribution in [1.29, 1.82) is 0 Å². The van der Waals surface area contributed by atoms with Crippen molar-refractivity contribution in [2.75, 3.05) is 39.4 Å². The fraction of sp³-hybridized carbons (Fsp3) is 0.720. The van der Waals surface area contributed by atoms with Crippen LogP contribution in [0.5, 0.6) is 0 Å². The Morgan fingerprint density at radius 3 is 2.55 bits per heavy atom. The second-order valence-electron chi connectivity index (χ2n) is 9.97. The van der Waals surface area contributed by atoms with Crippen LogP contribution >= 0.6 is 0 Å². The molecule has 0 spiro atoms. The van der Waals surface area contributed by atoms with E-state index < -0.39 is 0 Å². The predicted molar refractivity (Wildman–Crippen MR) is 115 cm³/mol. The van der Waals surface area contributed by atoms with Gasteiger partial charge in [-0.25, -0.2) is 0 Å². The third-order valence-corrected chi connectivity index (χ3v) is 8.09. The number of rotatable bonds is 4. The number of hydrogen-bond acceptors (Lipinski definition) is 3. The van der Waals surface area contributed by atoms with Gasteiger partial charge in [-0.1, -0.05) is 37.1 Å². The number of likely N-dealkylation sites (tertiary alicyclic amines) is 2. The first-order valence-corrected chi connectivity index (χ1v) is 11.9. The van der Waals surface area contributed by atoms with Gasteiger partial charge in [0.2, 0.25) is 5.91 Å². The standard InChI is InChI=1S/C25H36N2O2/c1-18-6-2-5-9-22(18)24-23-17-26(14-19-7-3-4-8-19)15-21(23)16-27(24)25(28)20-10-12-29-13-11-20/h2,5-6,9,19-21,23-24H,3-4,7-8,10-17H2,1H3/t21-,23-,24+/m0/s1. The molecule has 4 aliphatic rings. The summed E-state index contributed by atoms with van der Waals surface area (Å²) in [7, 11) is 0. The maximum absolute atomic E-state index is 13.5. The number of hydrogen-bond donors (Lipinski definition) is 0. The molecule has 0 N–H and O–H groups in total. The highest BCUT2D eigenvalue weighted by atomic mass is 16.5. The number of carbonyl (C=O) groups is 1. The van der Waals surface area contributed by atoms with Crippen molar-refractivity contribution in [2.24, 2.45) is 23.7 Å². The Morgan fingerprint density at radius 1 is 1.03 bits per heavy atom. The topological polar surface area (TPSA) is 32.8 Å². The lowest BCUT2D eigenvalue weighted by Gasteiger charge is -2.34. The second-order valence-corrected chi connectivity index (χ2v) is 9.97. The molecule has 1 aliphatic carbocycles. The van der Waals surface area contributed by atoms with Gasteiger partial charge in [0, 0.05) is 51.2 Å². The Bertz CT molecular complexity index is 723. The van der Waals surface area contributed by atoms with Gasteiger partial charge in [-0.15, -0.1) is 0 Å². The third-order valence-electron chi connectivity index (χ3n) is 8.09. The number of amides is 1. The number of nitrogens with zero attached hydrogens (tertiary/aromatic N) is 2. The van der Waals surface area contributed by atoms with Gasteiger partial charge < -0.3 is 14.5 Å². The summed E-state index contributed by atoms with van der Waals surface area (Å²) < 4.78 is 5.52. The van der Waals surface area contributed by atoms with Crippen molar-refractivity contribution < 1.29 is 9.53 Å². The summed E-state index contributed by atoms with van der Waals surface area (Å²) in [4.78, 5) is 18.6. The van der Waals surface area contributed by atoms with Gasteiger partial charge >= 0.3 is 0 Å². The highest BCUT2D eigenvalue weighted by Gasteiger charge is 2.50. The second kappa shape index (κ2) is 8.39. The van der Waals surface area contributed by atoms with Crippen LogP contribution in [0.25, 0.3) is 0 Å². The summed E-state index contributed by atoms with van der Waals surface area (Å²) >= 11 is 0. The maximum Gasteiger partial charge on any atom is 0.226 e. The molecule has 4 nitrogen and oxygen atoms in total. The Labute approximate surface area is 175 Å². The fourth-order valence-electron chi connectivity index (χ4n) is 6.57. The van der Waals surface area contributed by atoms with Crippen molar-refractivity contribution in [2.45, 2.75) is 51.5 Å². The molecule has 0 unspecified atom stereocenters. The van der Waals surface area contributed by atoms with Crippen LogP contribution in [0.2, 0.25) is 0 Å². The smallest absolute Gasteiger partial charge is 0.226 e. The molecule has 3 aliphatic heterocycles. The van der Waals surface area contributed by atoms with Crippen LogP contribution < -0.4 is 0 Å². The predicted octanol–water partition coefficient (Wildman–Crippen LogP) is 4.04. The number of carbonyl (C=O) groups excluding carboxylic acids is 1. The van der Waals surface area contributed by atoms with Crippen molar-refractivity contribution in [3.63, 3.8) is 0 Å². The van der Waals surface area contributed by atoms with Gasteiger partial charge in [-0.3, -0.25) is 4.79 Å². The minimum absolute atomic E-state index is 0.156. The van der Waals surface area contributed by atoms with Gasteiger partial charge in [-0.2, -0.15) is 0 Å². The first kappa shape index (κ1) is 19.6. The molecule has 5 rings (SSSR count). The number of fused-ring (bicyclic) bond motifs is 1. The largest absolute Gasteiger partial charge is 0.381 e. The van der Waals surface area contributed by atoms with Crippen LogP contribution in [-0.4, -0.2) is 55.1 Å². The summed E-state index contributed by atoms with van der Waals surface area (Å²) in [5.41, 5.74) is 2.71. The first-order chi connectivity index (χ1) is 14.2. The van der Waals surface area contributed by atoms with Crippen molar-refractivity contribution in [1.82, 2.24) is 9.80 Å². The zero-order chi connectivity index (χ0) is 19.8. The Hall–Kier alpha value is -1.39. The highest BCUT2D eigenvalue weighted by Crippen LogP contribution is 2.47. The van der Waals surface area contributed by atoms with E-state index in [1.54, 1.807) is 0 Å². The Kier molecular flexibility index (Phi) is 5.66. The Balaban J connectivity index is 1.37. The molecule has 3 atom stereocenters. The Morgan fingerprint density at radius 2 is 1.79 bits per heavy atom. The van der Waals surface area contributed by atoms with E-state index >= 15 is 0 Å². The molecule has 3 heterocycles. The number of benzene rings is 1. The molecule has 0 bridgehead atoms. The van der Waals surface area contributed by atoms with E-state index in [2.05, 4.69) is 41.0 Å². The molecule has 158 valence electrons. The van der Waals surface area contributed by atoms with E-state index in [1.165, 1.54) is 49.9 Å². The molecule has 0 aromatic heterocycles. The van der Waals surface area contributed by atoms with Crippen LogP contribution in [0.15, 0.2) is 24.3 Å². The average molecular weight is 397 g/mol. The molecule has 1 aromatic carbocycles. The SMILES string of the molecule is Cc1ccccc1[C@@H]1[C@H]2CN(CC3CCCC3)C[C@H]2CN1C(=O)C1CCOCC1. The fourth-order valence-corrected chi connectivity index (χ4v) is 6.57. The summed E-state index contributed by atoms with van der Waals surface area (Å²) in [5, 5.41) is 0. The van der Waals surface area contributed by atoms with Gasteiger partial charge in [0.25, 0.3) is 0 Å². The van der Waals surface area contributed by atoms with E-state index in [-0.39, 0.29) is 12.0 Å². The molecule has 0 radical (unpaired) electrons.